The first kappa shape index (κ1) is 15.4. The average Bonchev–Trinajstić information content (AvgIpc) is 2.62. The topological polar surface area (TPSA) is 6.48 Å². The zero-order valence-electron chi connectivity index (χ0n) is 13.8. The number of likely N-dealkylation sites (N-methyl/N-ethyl adjacent to an activating group) is 1. The van der Waals surface area contributed by atoms with Crippen molar-refractivity contribution in [2.24, 2.45) is 0 Å². The minimum Gasteiger partial charge on any atom is -0.370 e. The molecule has 112 valence electrons. The smallest absolute Gasteiger partial charge is 0.0402 e. The van der Waals surface area contributed by atoms with E-state index in [1.807, 2.05) is 0 Å². The van der Waals surface area contributed by atoms with E-state index in [4.69, 9.17) is 0 Å². The van der Waals surface area contributed by atoms with Gasteiger partial charge < -0.3 is 9.80 Å². The van der Waals surface area contributed by atoms with E-state index in [2.05, 4.69) is 62.7 Å². The van der Waals surface area contributed by atoms with Gasteiger partial charge in [0, 0.05) is 25.3 Å². The monoisotopic (exact) mass is 274 g/mol. The highest BCUT2D eigenvalue weighted by atomic mass is 15.2. The summed E-state index contributed by atoms with van der Waals surface area (Å²) in [7, 11) is 2.23. The van der Waals surface area contributed by atoms with Gasteiger partial charge in [-0.25, -0.2) is 0 Å². The maximum Gasteiger partial charge on any atom is 0.0402 e. The molecule has 0 saturated carbocycles. The van der Waals surface area contributed by atoms with Gasteiger partial charge in [-0.15, -0.1) is 0 Å². The van der Waals surface area contributed by atoms with Crippen LogP contribution in [0.2, 0.25) is 0 Å². The lowest BCUT2D eigenvalue weighted by Gasteiger charge is -2.28. The molecule has 0 amide bonds. The molecular formula is C18H30N2. The quantitative estimate of drug-likeness (QED) is 0.819. The molecule has 1 aliphatic rings. The van der Waals surface area contributed by atoms with E-state index in [9.17, 15) is 0 Å². The van der Waals surface area contributed by atoms with Crippen LogP contribution in [0.3, 0.4) is 0 Å². The number of hydrogen-bond donors (Lipinski definition) is 0. The highest BCUT2D eigenvalue weighted by molar-refractivity contribution is 5.57. The molecule has 1 aromatic rings. The van der Waals surface area contributed by atoms with Crippen molar-refractivity contribution in [3.05, 3.63) is 29.3 Å². The second kappa shape index (κ2) is 6.62. The Morgan fingerprint density at radius 3 is 2.30 bits per heavy atom. The lowest BCUT2D eigenvalue weighted by Crippen LogP contribution is -2.29. The van der Waals surface area contributed by atoms with Crippen LogP contribution in [0.1, 0.15) is 57.1 Å². The number of rotatable bonds is 3. The summed E-state index contributed by atoms with van der Waals surface area (Å²) in [5.74, 6) is 1.20. The summed E-state index contributed by atoms with van der Waals surface area (Å²) in [6, 6.07) is 7.11. The Morgan fingerprint density at radius 1 is 0.900 bits per heavy atom. The summed E-state index contributed by atoms with van der Waals surface area (Å²) < 4.78 is 0. The molecule has 1 heterocycles. The van der Waals surface area contributed by atoms with Gasteiger partial charge in [0.15, 0.2) is 0 Å². The molecule has 0 aliphatic carbocycles. The maximum atomic E-state index is 2.59. The minimum absolute atomic E-state index is 0.588. The molecule has 0 spiro atoms. The van der Waals surface area contributed by atoms with Crippen molar-refractivity contribution in [2.45, 2.75) is 46.0 Å². The van der Waals surface area contributed by atoms with Crippen molar-refractivity contribution >= 4 is 5.69 Å². The third-order valence-corrected chi connectivity index (χ3v) is 4.40. The van der Waals surface area contributed by atoms with Crippen molar-refractivity contribution in [1.29, 1.82) is 0 Å². The van der Waals surface area contributed by atoms with E-state index in [0.717, 1.165) is 6.54 Å². The Kier molecular flexibility index (Phi) is 5.09. The fraction of sp³-hybridized carbons (Fsp3) is 0.667. The molecule has 1 aromatic carbocycles. The van der Waals surface area contributed by atoms with Gasteiger partial charge in [0.2, 0.25) is 0 Å². The molecule has 1 aliphatic heterocycles. The van der Waals surface area contributed by atoms with Crippen LogP contribution < -0.4 is 4.90 Å². The number of hydrogen-bond acceptors (Lipinski definition) is 2. The molecule has 0 unspecified atom stereocenters. The normalized spacial score (nSPS) is 17.9. The zero-order valence-corrected chi connectivity index (χ0v) is 13.8. The van der Waals surface area contributed by atoms with Gasteiger partial charge >= 0.3 is 0 Å². The fourth-order valence-electron chi connectivity index (χ4n) is 2.97. The van der Waals surface area contributed by atoms with E-state index in [-0.39, 0.29) is 0 Å². The Hall–Kier alpha value is -1.02. The Morgan fingerprint density at radius 2 is 1.65 bits per heavy atom. The highest BCUT2D eigenvalue weighted by Crippen LogP contribution is 2.31. The first-order valence-corrected chi connectivity index (χ1v) is 8.06. The van der Waals surface area contributed by atoms with E-state index < -0.39 is 0 Å². The Balaban J connectivity index is 2.30. The fourth-order valence-corrected chi connectivity index (χ4v) is 2.97. The predicted octanol–water partition coefficient (Wildman–Crippen LogP) is 4.08. The first-order valence-electron chi connectivity index (χ1n) is 8.06. The van der Waals surface area contributed by atoms with Crippen LogP contribution >= 0.6 is 0 Å². The molecule has 0 aromatic heterocycles. The first-order chi connectivity index (χ1) is 9.49. The molecule has 20 heavy (non-hydrogen) atoms. The van der Waals surface area contributed by atoms with Crippen molar-refractivity contribution < 1.29 is 0 Å². The summed E-state index contributed by atoms with van der Waals surface area (Å²) in [5, 5.41) is 0. The van der Waals surface area contributed by atoms with Crippen LogP contribution in [0.4, 0.5) is 5.69 Å². The zero-order chi connectivity index (χ0) is 14.7. The number of nitrogens with zero attached hydrogens (tertiary/aromatic N) is 2. The van der Waals surface area contributed by atoms with Crippen molar-refractivity contribution in [1.82, 2.24) is 4.90 Å². The van der Waals surface area contributed by atoms with E-state index in [0.29, 0.717) is 11.8 Å². The van der Waals surface area contributed by atoms with E-state index >= 15 is 0 Å². The van der Waals surface area contributed by atoms with Crippen molar-refractivity contribution in [3.8, 4) is 0 Å². The lowest BCUT2D eigenvalue weighted by molar-refractivity contribution is 0.360. The molecule has 2 nitrogen and oxygen atoms in total. The minimum atomic E-state index is 0.588. The summed E-state index contributed by atoms with van der Waals surface area (Å²) in [6.07, 6.45) is 1.26. The largest absolute Gasteiger partial charge is 0.370 e. The Labute approximate surface area is 124 Å². The standard InChI is InChI=1S/C18H30N2/c1-14(2)16-7-8-18(17(13-16)15(3)4)20-10-6-9-19(5)11-12-20/h7-8,13-15H,6,9-12H2,1-5H3. The number of anilines is 1. The number of benzene rings is 1. The molecule has 0 N–H and O–H groups in total. The molecule has 0 atom stereocenters. The molecular weight excluding hydrogens is 244 g/mol. The van der Waals surface area contributed by atoms with Crippen LogP contribution in [0.15, 0.2) is 18.2 Å². The second-order valence-corrected chi connectivity index (χ2v) is 6.77. The van der Waals surface area contributed by atoms with Crippen LogP contribution in [-0.4, -0.2) is 38.1 Å². The third kappa shape index (κ3) is 3.54. The van der Waals surface area contributed by atoms with Crippen molar-refractivity contribution in [3.63, 3.8) is 0 Å². The summed E-state index contributed by atoms with van der Waals surface area (Å²) >= 11 is 0. The average molecular weight is 274 g/mol. The van der Waals surface area contributed by atoms with Crippen LogP contribution in [0, 0.1) is 0 Å². The summed E-state index contributed by atoms with van der Waals surface area (Å²) in [5.41, 5.74) is 4.44. The van der Waals surface area contributed by atoms with Gasteiger partial charge in [-0.05, 0) is 49.0 Å². The van der Waals surface area contributed by atoms with Gasteiger partial charge in [-0.2, -0.15) is 0 Å². The van der Waals surface area contributed by atoms with Crippen LogP contribution in [0.25, 0.3) is 0 Å². The molecule has 1 fully saturated rings. The van der Waals surface area contributed by atoms with Crippen LogP contribution in [-0.2, 0) is 0 Å². The van der Waals surface area contributed by atoms with Gasteiger partial charge in [0.05, 0.1) is 0 Å². The van der Waals surface area contributed by atoms with Gasteiger partial charge in [0.1, 0.15) is 0 Å². The van der Waals surface area contributed by atoms with Gasteiger partial charge in [-0.3, -0.25) is 0 Å². The van der Waals surface area contributed by atoms with E-state index in [1.54, 1.807) is 0 Å². The van der Waals surface area contributed by atoms with Crippen LogP contribution in [0.5, 0.6) is 0 Å². The third-order valence-electron chi connectivity index (χ3n) is 4.40. The molecule has 1 saturated heterocycles. The molecule has 2 heteroatoms. The summed E-state index contributed by atoms with van der Waals surface area (Å²) in [4.78, 5) is 5.03. The lowest BCUT2D eigenvalue weighted by atomic mass is 9.93. The molecule has 0 bridgehead atoms. The summed E-state index contributed by atoms with van der Waals surface area (Å²) in [6.45, 7) is 13.9. The SMILES string of the molecule is CC(C)c1ccc(N2CCCN(C)CC2)c(C(C)C)c1. The second-order valence-electron chi connectivity index (χ2n) is 6.77. The van der Waals surface area contributed by atoms with Crippen molar-refractivity contribution in [2.75, 3.05) is 38.1 Å². The highest BCUT2D eigenvalue weighted by Gasteiger charge is 2.17. The predicted molar refractivity (Wildman–Crippen MR) is 88.9 cm³/mol. The van der Waals surface area contributed by atoms with Gasteiger partial charge in [0.25, 0.3) is 0 Å². The van der Waals surface area contributed by atoms with Gasteiger partial charge in [-0.1, -0.05) is 39.8 Å². The molecule has 0 radical (unpaired) electrons. The van der Waals surface area contributed by atoms with E-state index in [1.165, 1.54) is 42.9 Å². The molecule has 2 rings (SSSR count). The maximum absolute atomic E-state index is 2.59. The Bertz CT molecular complexity index is 437.